The number of alkyl halides is 1. The number of rotatable bonds is 5. The van der Waals surface area contributed by atoms with E-state index in [9.17, 15) is 0 Å². The van der Waals surface area contributed by atoms with Gasteiger partial charge in [-0.2, -0.15) is 0 Å². The van der Waals surface area contributed by atoms with Gasteiger partial charge in [0.1, 0.15) is 0 Å². The predicted molar refractivity (Wildman–Crippen MR) is 55.0 cm³/mol. The average Bonchev–Trinajstić information content (AvgIpc) is 1.89. The monoisotopic (exact) mass is 199 g/mol. The Balaban J connectivity index is 0. The molecule has 0 heterocycles. The summed E-state index contributed by atoms with van der Waals surface area (Å²) in [7, 11) is 4.17. The summed E-state index contributed by atoms with van der Waals surface area (Å²) in [4.78, 5) is 2.20. The number of halogens is 2. The summed E-state index contributed by atoms with van der Waals surface area (Å²) in [5.74, 6) is 0.757. The van der Waals surface area contributed by atoms with Crippen molar-refractivity contribution in [2.24, 2.45) is 0 Å². The van der Waals surface area contributed by atoms with Gasteiger partial charge in [-0.15, -0.1) is 24.0 Å². The molecule has 0 amide bonds. The smallest absolute Gasteiger partial charge is 0.0379 e. The molecule has 0 aromatic carbocycles. The molecule has 0 aromatic rings. The minimum Gasteiger partial charge on any atom is -0.305 e. The lowest BCUT2D eigenvalue weighted by molar-refractivity contribution is 0.296. The van der Waals surface area contributed by atoms with Crippen LogP contribution in [0.5, 0.6) is 0 Å². The van der Waals surface area contributed by atoms with Gasteiger partial charge in [0.25, 0.3) is 0 Å². The Bertz CT molecular complexity index is 76.5. The average molecular weight is 200 g/mol. The molecule has 1 atom stereocenters. The zero-order valence-electron chi connectivity index (χ0n) is 7.64. The fourth-order valence-electron chi connectivity index (χ4n) is 0.913. The van der Waals surface area contributed by atoms with Crippen LogP contribution < -0.4 is 0 Å². The molecule has 0 spiro atoms. The lowest BCUT2D eigenvalue weighted by Gasteiger charge is -2.21. The molecule has 1 unspecified atom stereocenters. The van der Waals surface area contributed by atoms with E-state index in [2.05, 4.69) is 25.9 Å². The molecule has 0 saturated heterocycles. The van der Waals surface area contributed by atoms with Crippen LogP contribution in [-0.2, 0) is 0 Å². The van der Waals surface area contributed by atoms with Crippen molar-refractivity contribution < 1.29 is 0 Å². The molecule has 0 aliphatic heterocycles. The van der Waals surface area contributed by atoms with E-state index in [1.54, 1.807) is 0 Å². The third-order valence-electron chi connectivity index (χ3n) is 1.80. The molecule has 1 nitrogen and oxygen atoms in total. The third-order valence-corrected chi connectivity index (χ3v) is 2.16. The third kappa shape index (κ3) is 6.92. The van der Waals surface area contributed by atoms with Crippen LogP contribution in [0, 0.1) is 0 Å². The van der Waals surface area contributed by atoms with E-state index < -0.39 is 0 Å². The molecule has 70 valence electrons. The Morgan fingerprint density at radius 2 is 1.91 bits per heavy atom. The number of unbranched alkanes of at least 4 members (excludes halogenated alkanes) is 1. The van der Waals surface area contributed by atoms with Gasteiger partial charge in [-0.3, -0.25) is 0 Å². The van der Waals surface area contributed by atoms with E-state index in [1.807, 2.05) is 0 Å². The Kier molecular flexibility index (Phi) is 11.1. The second-order valence-electron chi connectivity index (χ2n) is 2.91. The SMILES string of the molecule is CCCCC(CCl)N(C)C.Cl. The molecule has 0 saturated carbocycles. The van der Waals surface area contributed by atoms with Gasteiger partial charge >= 0.3 is 0 Å². The van der Waals surface area contributed by atoms with E-state index in [-0.39, 0.29) is 12.4 Å². The molecule has 0 bridgehead atoms. The van der Waals surface area contributed by atoms with Crippen LogP contribution in [0.1, 0.15) is 26.2 Å². The van der Waals surface area contributed by atoms with Gasteiger partial charge in [0, 0.05) is 11.9 Å². The fraction of sp³-hybridized carbons (Fsp3) is 1.00. The van der Waals surface area contributed by atoms with Gasteiger partial charge in [0.2, 0.25) is 0 Å². The van der Waals surface area contributed by atoms with Crippen molar-refractivity contribution in [3.63, 3.8) is 0 Å². The second kappa shape index (κ2) is 8.63. The van der Waals surface area contributed by atoms with E-state index in [4.69, 9.17) is 11.6 Å². The molecular weight excluding hydrogens is 181 g/mol. The van der Waals surface area contributed by atoms with Gasteiger partial charge in [-0.1, -0.05) is 19.8 Å². The molecule has 3 heteroatoms. The predicted octanol–water partition coefficient (Wildman–Crippen LogP) is 2.77. The van der Waals surface area contributed by atoms with Crippen LogP contribution in [0.25, 0.3) is 0 Å². The first-order valence-corrected chi connectivity index (χ1v) is 4.48. The highest BCUT2D eigenvalue weighted by molar-refractivity contribution is 6.18. The lowest BCUT2D eigenvalue weighted by atomic mass is 10.1. The maximum absolute atomic E-state index is 5.76. The zero-order chi connectivity index (χ0) is 7.98. The molecular formula is C8H19Cl2N. The van der Waals surface area contributed by atoms with Gasteiger partial charge in [0.05, 0.1) is 0 Å². The zero-order valence-corrected chi connectivity index (χ0v) is 9.21. The van der Waals surface area contributed by atoms with Crippen molar-refractivity contribution in [2.75, 3.05) is 20.0 Å². The summed E-state index contributed by atoms with van der Waals surface area (Å²) < 4.78 is 0. The van der Waals surface area contributed by atoms with Crippen molar-refractivity contribution >= 4 is 24.0 Å². The topological polar surface area (TPSA) is 3.24 Å². The maximum atomic E-state index is 5.76. The van der Waals surface area contributed by atoms with Crippen LogP contribution in [0.4, 0.5) is 0 Å². The number of nitrogens with zero attached hydrogens (tertiary/aromatic N) is 1. The molecule has 0 aromatic heterocycles. The van der Waals surface area contributed by atoms with Gasteiger partial charge in [-0.05, 0) is 20.5 Å². The summed E-state index contributed by atoms with van der Waals surface area (Å²) in [5, 5.41) is 0. The quantitative estimate of drug-likeness (QED) is 0.617. The Morgan fingerprint density at radius 1 is 1.36 bits per heavy atom. The first-order valence-electron chi connectivity index (χ1n) is 3.94. The highest BCUT2D eigenvalue weighted by Gasteiger charge is 2.07. The standard InChI is InChI=1S/C8H18ClN.ClH/c1-4-5-6-8(7-9)10(2)3;/h8H,4-7H2,1-3H3;1H. The lowest BCUT2D eigenvalue weighted by Crippen LogP contribution is -2.29. The Hall–Kier alpha value is 0.540. The van der Waals surface area contributed by atoms with E-state index >= 15 is 0 Å². The molecule has 0 aliphatic rings. The molecule has 0 fully saturated rings. The second-order valence-corrected chi connectivity index (χ2v) is 3.22. The van der Waals surface area contributed by atoms with Crippen LogP contribution in [0.15, 0.2) is 0 Å². The van der Waals surface area contributed by atoms with Gasteiger partial charge in [0.15, 0.2) is 0 Å². The van der Waals surface area contributed by atoms with Crippen molar-refractivity contribution in [2.45, 2.75) is 32.2 Å². The largest absolute Gasteiger partial charge is 0.305 e. The van der Waals surface area contributed by atoms with Gasteiger partial charge < -0.3 is 4.90 Å². The molecule has 0 N–H and O–H groups in total. The Morgan fingerprint density at radius 3 is 2.18 bits per heavy atom. The van der Waals surface area contributed by atoms with Crippen molar-refractivity contribution in [3.05, 3.63) is 0 Å². The highest BCUT2D eigenvalue weighted by atomic mass is 35.5. The molecule has 0 radical (unpaired) electrons. The number of hydrogen-bond donors (Lipinski definition) is 0. The van der Waals surface area contributed by atoms with Crippen LogP contribution >= 0.6 is 24.0 Å². The minimum atomic E-state index is 0. The first kappa shape index (κ1) is 14.1. The maximum Gasteiger partial charge on any atom is 0.0379 e. The van der Waals surface area contributed by atoms with E-state index in [0.29, 0.717) is 6.04 Å². The van der Waals surface area contributed by atoms with E-state index in [1.165, 1.54) is 19.3 Å². The molecule has 0 aliphatic carbocycles. The van der Waals surface area contributed by atoms with Crippen LogP contribution in [-0.4, -0.2) is 30.9 Å². The summed E-state index contributed by atoms with van der Waals surface area (Å²) in [6, 6.07) is 0.571. The Labute approximate surface area is 81.5 Å². The van der Waals surface area contributed by atoms with Crippen molar-refractivity contribution in [1.82, 2.24) is 4.90 Å². The van der Waals surface area contributed by atoms with Crippen LogP contribution in [0.3, 0.4) is 0 Å². The summed E-state index contributed by atoms with van der Waals surface area (Å²) in [6.07, 6.45) is 3.78. The summed E-state index contributed by atoms with van der Waals surface area (Å²) >= 11 is 5.76. The summed E-state index contributed by atoms with van der Waals surface area (Å²) in [6.45, 7) is 2.21. The number of hydrogen-bond acceptors (Lipinski definition) is 1. The molecule has 11 heavy (non-hydrogen) atoms. The fourth-order valence-corrected chi connectivity index (χ4v) is 1.34. The minimum absolute atomic E-state index is 0. The molecule has 0 rings (SSSR count). The van der Waals surface area contributed by atoms with E-state index in [0.717, 1.165) is 5.88 Å². The van der Waals surface area contributed by atoms with Crippen molar-refractivity contribution in [1.29, 1.82) is 0 Å². The van der Waals surface area contributed by atoms with Crippen molar-refractivity contribution in [3.8, 4) is 0 Å². The highest BCUT2D eigenvalue weighted by Crippen LogP contribution is 2.06. The van der Waals surface area contributed by atoms with Crippen LogP contribution in [0.2, 0.25) is 0 Å². The normalized spacial score (nSPS) is 12.8. The summed E-state index contributed by atoms with van der Waals surface area (Å²) in [5.41, 5.74) is 0. The first-order chi connectivity index (χ1) is 4.72. The van der Waals surface area contributed by atoms with Gasteiger partial charge in [-0.25, -0.2) is 0 Å².